The SMILES string of the molecule is Cc1c(F)cc(F)cc1C=NN=C(N)SCc1ccccc1. The summed E-state index contributed by atoms with van der Waals surface area (Å²) in [6, 6.07) is 11.8. The zero-order chi connectivity index (χ0) is 15.9. The molecule has 114 valence electrons. The molecule has 2 rings (SSSR count). The molecular formula is C16H15F2N3S. The minimum atomic E-state index is -0.653. The molecule has 3 nitrogen and oxygen atoms in total. The topological polar surface area (TPSA) is 50.7 Å². The number of nitrogens with zero attached hydrogens (tertiary/aromatic N) is 2. The second-order valence-corrected chi connectivity index (χ2v) is 5.55. The quantitative estimate of drug-likeness (QED) is 0.528. The average Bonchev–Trinajstić information content (AvgIpc) is 2.51. The van der Waals surface area contributed by atoms with Gasteiger partial charge in [0, 0.05) is 17.4 Å². The summed E-state index contributed by atoms with van der Waals surface area (Å²) in [6.45, 7) is 1.55. The molecule has 0 heterocycles. The molecule has 0 aliphatic heterocycles. The van der Waals surface area contributed by atoms with Gasteiger partial charge in [0.1, 0.15) is 11.6 Å². The Morgan fingerprint density at radius 1 is 1.23 bits per heavy atom. The minimum Gasteiger partial charge on any atom is -0.377 e. The van der Waals surface area contributed by atoms with Gasteiger partial charge in [-0.05, 0) is 24.1 Å². The molecule has 0 atom stereocenters. The standard InChI is InChI=1S/C16H15F2N3S/c1-11-13(7-14(17)8-15(11)18)9-20-21-16(19)22-10-12-5-3-2-4-6-12/h2-9H,10H2,1H3,(H2,19,21). The normalized spacial score (nSPS) is 12.0. The molecule has 0 aliphatic carbocycles. The fourth-order valence-electron chi connectivity index (χ4n) is 1.71. The summed E-state index contributed by atoms with van der Waals surface area (Å²) in [5, 5.41) is 7.88. The third-order valence-corrected chi connectivity index (χ3v) is 3.79. The Bertz CT molecular complexity index is 700. The highest BCUT2D eigenvalue weighted by Crippen LogP contribution is 2.14. The van der Waals surface area contributed by atoms with Crippen LogP contribution < -0.4 is 5.73 Å². The molecule has 0 radical (unpaired) electrons. The van der Waals surface area contributed by atoms with Crippen molar-refractivity contribution in [1.82, 2.24) is 0 Å². The van der Waals surface area contributed by atoms with Gasteiger partial charge in [-0.3, -0.25) is 0 Å². The number of benzene rings is 2. The highest BCUT2D eigenvalue weighted by Gasteiger charge is 2.05. The van der Waals surface area contributed by atoms with Gasteiger partial charge in [-0.25, -0.2) is 8.78 Å². The summed E-state index contributed by atoms with van der Waals surface area (Å²) in [5.74, 6) is -0.587. The number of amidine groups is 1. The molecule has 0 unspecified atom stereocenters. The van der Waals surface area contributed by atoms with E-state index in [4.69, 9.17) is 5.73 Å². The van der Waals surface area contributed by atoms with Crippen LogP contribution in [-0.2, 0) is 5.75 Å². The Balaban J connectivity index is 1.98. The number of rotatable bonds is 4. The molecule has 0 saturated carbocycles. The predicted octanol–water partition coefficient (Wildman–Crippen LogP) is 3.86. The van der Waals surface area contributed by atoms with E-state index in [9.17, 15) is 8.78 Å². The minimum absolute atomic E-state index is 0.287. The molecule has 6 heteroatoms. The van der Waals surface area contributed by atoms with Gasteiger partial charge in [-0.15, -0.1) is 5.10 Å². The van der Waals surface area contributed by atoms with Gasteiger partial charge in [0.25, 0.3) is 0 Å². The van der Waals surface area contributed by atoms with Crippen molar-refractivity contribution in [1.29, 1.82) is 0 Å². The van der Waals surface area contributed by atoms with Gasteiger partial charge in [-0.1, -0.05) is 42.1 Å². The summed E-state index contributed by atoms with van der Waals surface area (Å²) < 4.78 is 26.5. The molecule has 0 aliphatic rings. The van der Waals surface area contributed by atoms with Gasteiger partial charge in [0.05, 0.1) is 6.21 Å². The van der Waals surface area contributed by atoms with Crippen molar-refractivity contribution < 1.29 is 8.78 Å². The van der Waals surface area contributed by atoms with E-state index in [-0.39, 0.29) is 5.17 Å². The monoisotopic (exact) mass is 319 g/mol. The van der Waals surface area contributed by atoms with Crippen LogP contribution in [-0.4, -0.2) is 11.4 Å². The van der Waals surface area contributed by atoms with Crippen molar-refractivity contribution in [3.8, 4) is 0 Å². The van der Waals surface area contributed by atoms with E-state index in [1.165, 1.54) is 24.0 Å². The maximum absolute atomic E-state index is 13.4. The summed E-state index contributed by atoms with van der Waals surface area (Å²) >= 11 is 1.34. The molecule has 0 fully saturated rings. The number of halogens is 2. The summed E-state index contributed by atoms with van der Waals surface area (Å²) in [7, 11) is 0. The van der Waals surface area contributed by atoms with Gasteiger partial charge in [0.15, 0.2) is 5.17 Å². The van der Waals surface area contributed by atoms with Crippen LogP contribution in [0.2, 0.25) is 0 Å². The Kier molecular flexibility index (Phi) is 5.66. The smallest absolute Gasteiger partial charge is 0.180 e. The van der Waals surface area contributed by atoms with Gasteiger partial charge in [-0.2, -0.15) is 5.10 Å². The molecule has 0 aromatic heterocycles. The van der Waals surface area contributed by atoms with Crippen LogP contribution in [0.25, 0.3) is 0 Å². The molecule has 2 N–H and O–H groups in total. The van der Waals surface area contributed by atoms with Gasteiger partial charge in [0.2, 0.25) is 0 Å². The number of hydrogen-bond acceptors (Lipinski definition) is 3. The zero-order valence-corrected chi connectivity index (χ0v) is 12.8. The van der Waals surface area contributed by atoms with Crippen LogP contribution in [0.3, 0.4) is 0 Å². The van der Waals surface area contributed by atoms with E-state index in [1.807, 2.05) is 30.3 Å². The van der Waals surface area contributed by atoms with Crippen molar-refractivity contribution in [2.75, 3.05) is 0 Å². The molecular weight excluding hydrogens is 304 g/mol. The Morgan fingerprint density at radius 3 is 2.68 bits per heavy atom. The first kappa shape index (κ1) is 16.2. The highest BCUT2D eigenvalue weighted by molar-refractivity contribution is 8.13. The molecule has 22 heavy (non-hydrogen) atoms. The maximum Gasteiger partial charge on any atom is 0.180 e. The molecule has 0 spiro atoms. The van der Waals surface area contributed by atoms with Crippen molar-refractivity contribution in [2.45, 2.75) is 12.7 Å². The van der Waals surface area contributed by atoms with E-state index in [0.29, 0.717) is 16.9 Å². The van der Waals surface area contributed by atoms with Crippen molar-refractivity contribution >= 4 is 23.1 Å². The second kappa shape index (κ2) is 7.70. The lowest BCUT2D eigenvalue weighted by atomic mass is 10.1. The fraction of sp³-hybridized carbons (Fsp3) is 0.125. The third kappa shape index (κ3) is 4.66. The van der Waals surface area contributed by atoms with Crippen LogP contribution in [0, 0.1) is 18.6 Å². The Hall–Kier alpha value is -2.21. The van der Waals surface area contributed by atoms with E-state index < -0.39 is 11.6 Å². The molecule has 2 aromatic carbocycles. The van der Waals surface area contributed by atoms with E-state index >= 15 is 0 Å². The van der Waals surface area contributed by atoms with Crippen molar-refractivity contribution in [2.24, 2.45) is 15.9 Å². The zero-order valence-electron chi connectivity index (χ0n) is 12.0. The maximum atomic E-state index is 13.4. The van der Waals surface area contributed by atoms with Crippen LogP contribution in [0.15, 0.2) is 52.7 Å². The molecule has 2 aromatic rings. The molecule has 0 bridgehead atoms. The number of thioether (sulfide) groups is 1. The molecule has 0 amide bonds. The Morgan fingerprint density at radius 2 is 1.95 bits per heavy atom. The summed E-state index contributed by atoms with van der Waals surface area (Å²) in [6.07, 6.45) is 1.29. The first-order valence-electron chi connectivity index (χ1n) is 6.55. The average molecular weight is 319 g/mol. The van der Waals surface area contributed by atoms with E-state index in [1.54, 1.807) is 6.92 Å². The summed E-state index contributed by atoms with van der Waals surface area (Å²) in [4.78, 5) is 0. The van der Waals surface area contributed by atoms with E-state index in [0.717, 1.165) is 11.6 Å². The van der Waals surface area contributed by atoms with Gasteiger partial charge < -0.3 is 5.73 Å². The number of nitrogens with two attached hydrogens (primary N) is 1. The number of hydrogen-bond donors (Lipinski definition) is 1. The lowest BCUT2D eigenvalue weighted by Crippen LogP contribution is -2.06. The molecule has 0 saturated heterocycles. The fourth-order valence-corrected chi connectivity index (χ4v) is 2.32. The largest absolute Gasteiger partial charge is 0.377 e. The lowest BCUT2D eigenvalue weighted by molar-refractivity contribution is 0.577. The van der Waals surface area contributed by atoms with Crippen molar-refractivity contribution in [3.05, 3.63) is 70.8 Å². The second-order valence-electron chi connectivity index (χ2n) is 4.56. The predicted molar refractivity (Wildman–Crippen MR) is 88.0 cm³/mol. The highest BCUT2D eigenvalue weighted by atomic mass is 32.2. The van der Waals surface area contributed by atoms with Crippen molar-refractivity contribution in [3.63, 3.8) is 0 Å². The van der Waals surface area contributed by atoms with E-state index in [2.05, 4.69) is 10.2 Å². The van der Waals surface area contributed by atoms with Gasteiger partial charge >= 0.3 is 0 Å². The Labute approximate surface area is 132 Å². The van der Waals surface area contributed by atoms with Crippen LogP contribution >= 0.6 is 11.8 Å². The summed E-state index contributed by atoms with van der Waals surface area (Å²) in [5.41, 5.74) is 7.51. The first-order chi connectivity index (χ1) is 10.6. The third-order valence-electron chi connectivity index (χ3n) is 2.93. The van der Waals surface area contributed by atoms with Crippen LogP contribution in [0.4, 0.5) is 8.78 Å². The first-order valence-corrected chi connectivity index (χ1v) is 7.53. The van der Waals surface area contributed by atoms with Crippen LogP contribution in [0.1, 0.15) is 16.7 Å². The lowest BCUT2D eigenvalue weighted by Gasteiger charge is -2.01. The van der Waals surface area contributed by atoms with Crippen LogP contribution in [0.5, 0.6) is 0 Å².